The average molecular weight is 511 g/mol. The molecule has 34 heavy (non-hydrogen) atoms. The molecule has 1 fully saturated rings. The summed E-state index contributed by atoms with van der Waals surface area (Å²) in [5, 5.41) is 1.10. The average Bonchev–Trinajstić information content (AvgIpc) is 3.19. The number of hydrogen-bond donors (Lipinski definition) is 0. The molecule has 3 atom stereocenters. The van der Waals surface area contributed by atoms with Crippen LogP contribution in [0.2, 0.25) is 0 Å². The molecule has 0 N–H and O–H groups in total. The predicted octanol–water partition coefficient (Wildman–Crippen LogP) is 4.62. The molecule has 192 valence electrons. The first-order valence-electron chi connectivity index (χ1n) is 10.5. The molecule has 1 aromatic rings. The number of halogens is 3. The highest BCUT2D eigenvalue weighted by atomic mass is 32.1. The zero-order chi connectivity index (χ0) is 26.3. The molecule has 1 aromatic heterocycles. The number of amides is 2. The van der Waals surface area contributed by atoms with E-state index >= 15 is 0 Å². The third-order valence-corrected chi connectivity index (χ3v) is 5.72. The van der Waals surface area contributed by atoms with Crippen LogP contribution in [0.5, 0.6) is 0 Å². The molecule has 9 nitrogen and oxygen atoms in total. The summed E-state index contributed by atoms with van der Waals surface area (Å²) in [6, 6.07) is -1.75. The summed E-state index contributed by atoms with van der Waals surface area (Å²) in [5.74, 6) is -4.53. The lowest BCUT2D eigenvalue weighted by atomic mass is 9.89. The molecule has 0 unspecified atom stereocenters. The molecule has 0 aliphatic carbocycles. The molecule has 1 aliphatic rings. The van der Waals surface area contributed by atoms with Crippen LogP contribution in [0.1, 0.15) is 76.9 Å². The van der Waals surface area contributed by atoms with Crippen LogP contribution < -0.4 is 0 Å². The summed E-state index contributed by atoms with van der Waals surface area (Å²) in [7, 11) is 0. The minimum absolute atomic E-state index is 0.0472. The van der Waals surface area contributed by atoms with Gasteiger partial charge in [-0.05, 0) is 55.4 Å². The fourth-order valence-electron chi connectivity index (χ4n) is 3.53. The third-order valence-electron chi connectivity index (χ3n) is 4.83. The maximum Gasteiger partial charge on any atom is 0.471 e. The van der Waals surface area contributed by atoms with Gasteiger partial charge in [-0.15, -0.1) is 11.3 Å². The molecule has 1 aliphatic heterocycles. The van der Waals surface area contributed by atoms with E-state index in [9.17, 15) is 27.6 Å². The van der Waals surface area contributed by atoms with Gasteiger partial charge in [-0.3, -0.25) is 4.79 Å². The summed E-state index contributed by atoms with van der Waals surface area (Å²) in [6.45, 7) is 12.0. The molecular formula is C21H29F3N2O7S. The highest BCUT2D eigenvalue weighted by Crippen LogP contribution is 2.48. The van der Waals surface area contributed by atoms with Crippen molar-refractivity contribution in [2.75, 3.05) is 6.61 Å². The number of thiazole rings is 1. The number of hydrogen-bond acceptors (Lipinski definition) is 9. The van der Waals surface area contributed by atoms with Crippen LogP contribution in [0.3, 0.4) is 0 Å². The van der Waals surface area contributed by atoms with Crippen molar-refractivity contribution in [1.82, 2.24) is 9.88 Å². The van der Waals surface area contributed by atoms with E-state index in [1.165, 1.54) is 40.0 Å². The van der Waals surface area contributed by atoms with Gasteiger partial charge in [0, 0.05) is 5.38 Å². The third kappa shape index (κ3) is 6.05. The quantitative estimate of drug-likeness (QED) is 0.529. The van der Waals surface area contributed by atoms with Crippen LogP contribution in [0, 0.1) is 0 Å². The molecular weight excluding hydrogens is 481 g/mol. The Balaban J connectivity index is 2.74. The molecule has 2 amide bonds. The number of nitrogens with zero attached hydrogens (tertiary/aromatic N) is 2. The smallest absolute Gasteiger partial charge is 0.461 e. The Kier molecular flexibility index (Phi) is 7.76. The molecule has 2 rings (SSSR count). The Morgan fingerprint density at radius 3 is 2.26 bits per heavy atom. The summed E-state index contributed by atoms with van der Waals surface area (Å²) >= 11 is 0.775. The van der Waals surface area contributed by atoms with Crippen molar-refractivity contribution in [3.8, 4) is 0 Å². The van der Waals surface area contributed by atoms with Gasteiger partial charge in [0.1, 0.15) is 22.3 Å². The summed E-state index contributed by atoms with van der Waals surface area (Å²) < 4.78 is 62.9. The summed E-state index contributed by atoms with van der Waals surface area (Å²) in [6.07, 6.45) is -7.87. The van der Waals surface area contributed by atoms with Crippen molar-refractivity contribution in [3.05, 3.63) is 16.1 Å². The maximum absolute atomic E-state index is 13.7. The predicted molar refractivity (Wildman–Crippen MR) is 114 cm³/mol. The van der Waals surface area contributed by atoms with Crippen molar-refractivity contribution in [1.29, 1.82) is 0 Å². The Morgan fingerprint density at radius 2 is 1.82 bits per heavy atom. The number of carbonyl (C=O) groups is 3. The first-order chi connectivity index (χ1) is 15.3. The standard InChI is InChI=1S/C21H29F3N2O7S/c1-9-30-15(27)12-10-34-14(25-12)13(20(8)11(2)31-19(6,7)33-20)26(16(28)21(22,23)24)17(29)32-18(3,4)5/h10-11,13H,9H2,1-8H3/t11-,13-,20-/m1/s1. The Morgan fingerprint density at radius 1 is 1.24 bits per heavy atom. The molecule has 0 bridgehead atoms. The van der Waals surface area contributed by atoms with E-state index in [0.717, 1.165) is 11.3 Å². The largest absolute Gasteiger partial charge is 0.471 e. The van der Waals surface area contributed by atoms with E-state index in [4.69, 9.17) is 18.9 Å². The number of rotatable bonds is 5. The molecule has 2 heterocycles. The van der Waals surface area contributed by atoms with Gasteiger partial charge in [0.15, 0.2) is 11.5 Å². The van der Waals surface area contributed by atoms with E-state index in [2.05, 4.69) is 4.98 Å². The van der Waals surface area contributed by atoms with Gasteiger partial charge < -0.3 is 18.9 Å². The lowest BCUT2D eigenvalue weighted by Crippen LogP contribution is -2.57. The van der Waals surface area contributed by atoms with Crippen molar-refractivity contribution >= 4 is 29.3 Å². The number of ether oxygens (including phenoxy) is 4. The Bertz CT molecular complexity index is 942. The van der Waals surface area contributed by atoms with Crippen LogP contribution in [0.15, 0.2) is 5.38 Å². The van der Waals surface area contributed by atoms with Gasteiger partial charge in [0.05, 0.1) is 12.7 Å². The lowest BCUT2D eigenvalue weighted by Gasteiger charge is -2.41. The zero-order valence-electron chi connectivity index (χ0n) is 20.2. The number of carbonyl (C=O) groups excluding carboxylic acids is 3. The van der Waals surface area contributed by atoms with Crippen molar-refractivity contribution in [3.63, 3.8) is 0 Å². The summed E-state index contributed by atoms with van der Waals surface area (Å²) in [5.41, 5.74) is -3.10. The first kappa shape index (κ1) is 28.0. The number of esters is 1. The highest BCUT2D eigenvalue weighted by molar-refractivity contribution is 7.10. The van der Waals surface area contributed by atoms with Gasteiger partial charge in [-0.1, -0.05) is 0 Å². The van der Waals surface area contributed by atoms with Crippen molar-refractivity contribution in [2.24, 2.45) is 0 Å². The fourth-order valence-corrected chi connectivity index (χ4v) is 4.54. The van der Waals surface area contributed by atoms with Crippen molar-refractivity contribution in [2.45, 2.75) is 90.7 Å². The fraction of sp³-hybridized carbons (Fsp3) is 0.714. The van der Waals surface area contributed by atoms with Crippen LogP contribution in [-0.4, -0.2) is 63.7 Å². The normalized spacial score (nSPS) is 23.3. The van der Waals surface area contributed by atoms with Crippen LogP contribution in [-0.2, 0) is 23.7 Å². The van der Waals surface area contributed by atoms with Crippen molar-refractivity contribution < 1.29 is 46.5 Å². The molecule has 0 spiro atoms. The van der Waals surface area contributed by atoms with E-state index in [1.54, 1.807) is 20.8 Å². The van der Waals surface area contributed by atoms with Crippen LogP contribution >= 0.6 is 11.3 Å². The van der Waals surface area contributed by atoms with E-state index in [0.29, 0.717) is 0 Å². The number of imide groups is 1. The van der Waals surface area contributed by atoms with Gasteiger partial charge in [0.2, 0.25) is 0 Å². The summed E-state index contributed by atoms with van der Waals surface area (Å²) in [4.78, 5) is 41.8. The zero-order valence-corrected chi connectivity index (χ0v) is 21.0. The Labute approximate surface area is 199 Å². The number of alkyl halides is 3. The van der Waals surface area contributed by atoms with Crippen LogP contribution in [0.25, 0.3) is 0 Å². The molecule has 0 saturated carbocycles. The monoisotopic (exact) mass is 510 g/mol. The van der Waals surface area contributed by atoms with E-state index in [1.807, 2.05) is 0 Å². The second-order valence-corrected chi connectivity index (χ2v) is 10.2. The topological polar surface area (TPSA) is 104 Å². The molecule has 0 aromatic carbocycles. The minimum Gasteiger partial charge on any atom is -0.461 e. The molecule has 0 radical (unpaired) electrons. The maximum atomic E-state index is 13.7. The molecule has 13 heteroatoms. The van der Waals surface area contributed by atoms with Gasteiger partial charge in [-0.2, -0.15) is 13.2 Å². The molecule has 1 saturated heterocycles. The highest BCUT2D eigenvalue weighted by Gasteiger charge is 2.61. The van der Waals surface area contributed by atoms with Gasteiger partial charge >= 0.3 is 24.1 Å². The van der Waals surface area contributed by atoms with Gasteiger partial charge in [-0.25, -0.2) is 19.5 Å². The number of aromatic nitrogens is 1. The van der Waals surface area contributed by atoms with Crippen LogP contribution in [0.4, 0.5) is 18.0 Å². The second-order valence-electron chi connectivity index (χ2n) is 9.29. The van der Waals surface area contributed by atoms with E-state index < -0.39 is 53.3 Å². The minimum atomic E-state index is -5.43. The second kappa shape index (κ2) is 9.42. The first-order valence-corrected chi connectivity index (χ1v) is 11.3. The lowest BCUT2D eigenvalue weighted by molar-refractivity contribution is -0.198. The van der Waals surface area contributed by atoms with Gasteiger partial charge in [0.25, 0.3) is 0 Å². The Hall–Kier alpha value is -2.25. The SMILES string of the molecule is CCOC(=O)c1csc([C@@H](N(C(=O)OC(C)(C)C)C(=O)C(F)(F)F)[C@]2(C)OC(C)(C)O[C@@H]2C)n1. The van der Waals surface area contributed by atoms with E-state index in [-0.39, 0.29) is 22.2 Å².